The molecule has 1 aromatic carbocycles. The van der Waals surface area contributed by atoms with Crippen molar-refractivity contribution in [1.29, 1.82) is 0 Å². The van der Waals surface area contributed by atoms with Gasteiger partial charge in [-0.05, 0) is 36.5 Å². The van der Waals surface area contributed by atoms with Crippen LogP contribution < -0.4 is 16.4 Å². The molecule has 2 amide bonds. The lowest BCUT2D eigenvalue weighted by molar-refractivity contribution is 0.252. The van der Waals surface area contributed by atoms with Crippen LogP contribution in [0.4, 0.5) is 10.5 Å². The molecular formula is C14H21N3O. The number of nitrogens with two attached hydrogens (primary N) is 1. The minimum atomic E-state index is -0.139. The Hall–Kier alpha value is -1.55. The molecule has 1 aromatic rings. The lowest BCUT2D eigenvalue weighted by Gasteiger charge is -2.08. The minimum Gasteiger partial charge on any atom is -0.338 e. The van der Waals surface area contributed by atoms with Crippen molar-refractivity contribution in [3.63, 3.8) is 0 Å². The molecule has 98 valence electrons. The van der Waals surface area contributed by atoms with Gasteiger partial charge in [-0.25, -0.2) is 4.79 Å². The smallest absolute Gasteiger partial charge is 0.319 e. The molecule has 4 heteroatoms. The van der Waals surface area contributed by atoms with Crippen molar-refractivity contribution in [2.75, 3.05) is 11.9 Å². The molecule has 0 aliphatic heterocycles. The summed E-state index contributed by atoms with van der Waals surface area (Å²) in [6, 6.07) is 7.45. The molecule has 0 saturated heterocycles. The summed E-state index contributed by atoms with van der Waals surface area (Å²) in [5.74, 6) is 0.927. The Morgan fingerprint density at radius 1 is 1.39 bits per heavy atom. The Morgan fingerprint density at radius 2 is 2.22 bits per heavy atom. The molecule has 0 spiro atoms. The molecule has 0 aromatic heterocycles. The molecule has 0 heterocycles. The van der Waals surface area contributed by atoms with E-state index < -0.39 is 0 Å². The number of rotatable bonds is 6. The van der Waals surface area contributed by atoms with Gasteiger partial charge in [0.1, 0.15) is 0 Å². The van der Waals surface area contributed by atoms with Crippen LogP contribution in [0.1, 0.15) is 31.2 Å². The number of nitrogens with one attached hydrogen (secondary N) is 2. The number of carbonyl (C=O) groups is 1. The quantitative estimate of drug-likeness (QED) is 0.676. The second kappa shape index (κ2) is 6.40. The van der Waals surface area contributed by atoms with E-state index in [9.17, 15) is 4.79 Å². The first kappa shape index (κ1) is 12.9. The number of hydrogen-bond donors (Lipinski definition) is 3. The molecule has 0 bridgehead atoms. The first-order valence-corrected chi connectivity index (χ1v) is 6.62. The van der Waals surface area contributed by atoms with Crippen LogP contribution in [0.5, 0.6) is 0 Å². The number of amides is 2. The van der Waals surface area contributed by atoms with Crippen molar-refractivity contribution in [2.24, 2.45) is 11.7 Å². The van der Waals surface area contributed by atoms with Crippen molar-refractivity contribution < 1.29 is 4.79 Å². The maximum absolute atomic E-state index is 11.6. The predicted molar refractivity (Wildman–Crippen MR) is 73.3 cm³/mol. The van der Waals surface area contributed by atoms with Gasteiger partial charge in [0.15, 0.2) is 0 Å². The average Bonchev–Trinajstić information content (AvgIpc) is 3.19. The minimum absolute atomic E-state index is 0.139. The van der Waals surface area contributed by atoms with Crippen molar-refractivity contribution >= 4 is 11.7 Å². The topological polar surface area (TPSA) is 67.1 Å². The maximum Gasteiger partial charge on any atom is 0.319 e. The normalized spacial score (nSPS) is 14.3. The molecule has 4 N–H and O–H groups in total. The Labute approximate surface area is 108 Å². The van der Waals surface area contributed by atoms with E-state index in [1.165, 1.54) is 19.3 Å². The van der Waals surface area contributed by atoms with E-state index in [0.717, 1.165) is 30.1 Å². The molecule has 1 aliphatic rings. The molecule has 1 saturated carbocycles. The van der Waals surface area contributed by atoms with Crippen molar-refractivity contribution in [1.82, 2.24) is 5.32 Å². The molecule has 0 atom stereocenters. The molecule has 0 unspecified atom stereocenters. The third-order valence-electron chi connectivity index (χ3n) is 3.19. The highest BCUT2D eigenvalue weighted by Crippen LogP contribution is 2.33. The van der Waals surface area contributed by atoms with Gasteiger partial charge in [0.2, 0.25) is 0 Å². The van der Waals surface area contributed by atoms with Crippen LogP contribution >= 0.6 is 0 Å². The van der Waals surface area contributed by atoms with Gasteiger partial charge in [-0.15, -0.1) is 0 Å². The van der Waals surface area contributed by atoms with Crippen LogP contribution in [0.3, 0.4) is 0 Å². The summed E-state index contributed by atoms with van der Waals surface area (Å²) in [7, 11) is 0. The molecule has 2 rings (SSSR count). The van der Waals surface area contributed by atoms with E-state index in [1.807, 2.05) is 24.3 Å². The van der Waals surface area contributed by atoms with E-state index in [4.69, 9.17) is 5.73 Å². The van der Waals surface area contributed by atoms with Crippen LogP contribution in [0.25, 0.3) is 0 Å². The van der Waals surface area contributed by atoms with Crippen molar-refractivity contribution in [3.8, 4) is 0 Å². The second-order valence-corrected chi connectivity index (χ2v) is 4.87. The summed E-state index contributed by atoms with van der Waals surface area (Å²) in [5, 5.41) is 5.69. The highest BCUT2D eigenvalue weighted by atomic mass is 16.2. The van der Waals surface area contributed by atoms with Crippen LogP contribution in [0, 0.1) is 5.92 Å². The largest absolute Gasteiger partial charge is 0.338 e. The lowest BCUT2D eigenvalue weighted by Crippen LogP contribution is -2.29. The maximum atomic E-state index is 11.6. The summed E-state index contributed by atoms with van der Waals surface area (Å²) < 4.78 is 0. The fourth-order valence-corrected chi connectivity index (χ4v) is 1.95. The summed E-state index contributed by atoms with van der Waals surface area (Å²) in [6.07, 6.45) is 5.06. The monoisotopic (exact) mass is 247 g/mol. The summed E-state index contributed by atoms with van der Waals surface area (Å²) in [4.78, 5) is 11.6. The molecule has 18 heavy (non-hydrogen) atoms. The molecule has 1 aliphatic carbocycles. The summed E-state index contributed by atoms with van der Waals surface area (Å²) in [5.41, 5.74) is 7.36. The van der Waals surface area contributed by atoms with E-state index in [2.05, 4.69) is 10.6 Å². The Balaban J connectivity index is 1.68. The van der Waals surface area contributed by atoms with E-state index in [-0.39, 0.29) is 6.03 Å². The van der Waals surface area contributed by atoms with E-state index in [1.54, 1.807) is 0 Å². The Morgan fingerprint density at radius 3 is 2.94 bits per heavy atom. The molecular weight excluding hydrogens is 226 g/mol. The molecule has 4 nitrogen and oxygen atoms in total. The molecule has 1 fully saturated rings. The first-order valence-electron chi connectivity index (χ1n) is 6.62. The average molecular weight is 247 g/mol. The van der Waals surface area contributed by atoms with Crippen molar-refractivity contribution in [2.45, 2.75) is 32.2 Å². The van der Waals surface area contributed by atoms with Gasteiger partial charge in [0.25, 0.3) is 0 Å². The van der Waals surface area contributed by atoms with Gasteiger partial charge in [0, 0.05) is 18.8 Å². The van der Waals surface area contributed by atoms with Gasteiger partial charge < -0.3 is 16.4 Å². The van der Waals surface area contributed by atoms with Gasteiger partial charge in [-0.3, -0.25) is 0 Å². The van der Waals surface area contributed by atoms with Crippen LogP contribution in [-0.4, -0.2) is 12.6 Å². The number of anilines is 1. The highest BCUT2D eigenvalue weighted by Gasteiger charge is 2.20. The number of benzene rings is 1. The Kier molecular flexibility index (Phi) is 4.59. The number of hydrogen-bond acceptors (Lipinski definition) is 2. The van der Waals surface area contributed by atoms with Gasteiger partial charge in [-0.2, -0.15) is 0 Å². The van der Waals surface area contributed by atoms with E-state index >= 15 is 0 Å². The third-order valence-corrected chi connectivity index (χ3v) is 3.19. The lowest BCUT2D eigenvalue weighted by atomic mass is 10.2. The molecule has 0 radical (unpaired) electrons. The predicted octanol–water partition coefficient (Wildman–Crippen LogP) is 2.46. The zero-order valence-electron chi connectivity index (χ0n) is 10.6. The Bertz CT molecular complexity index is 402. The standard InChI is InChI=1S/C14H21N3O/c15-10-12-3-1-5-13(9-12)17-14(18)16-8-2-4-11-6-7-11/h1,3,5,9,11H,2,4,6-8,10,15H2,(H2,16,17,18). The van der Waals surface area contributed by atoms with Crippen LogP contribution in [-0.2, 0) is 6.54 Å². The van der Waals surface area contributed by atoms with Gasteiger partial charge in [-0.1, -0.05) is 25.0 Å². The van der Waals surface area contributed by atoms with E-state index in [0.29, 0.717) is 6.54 Å². The fraction of sp³-hybridized carbons (Fsp3) is 0.500. The SMILES string of the molecule is NCc1cccc(NC(=O)NCCCC2CC2)c1. The second-order valence-electron chi connectivity index (χ2n) is 4.87. The van der Waals surface area contributed by atoms with Crippen LogP contribution in [0.15, 0.2) is 24.3 Å². The first-order chi connectivity index (χ1) is 8.78. The van der Waals surface area contributed by atoms with Crippen molar-refractivity contribution in [3.05, 3.63) is 29.8 Å². The van der Waals surface area contributed by atoms with Gasteiger partial charge in [0.05, 0.1) is 0 Å². The highest BCUT2D eigenvalue weighted by molar-refractivity contribution is 5.89. The third kappa shape index (κ3) is 4.37. The van der Waals surface area contributed by atoms with Crippen LogP contribution in [0.2, 0.25) is 0 Å². The fourth-order valence-electron chi connectivity index (χ4n) is 1.95. The summed E-state index contributed by atoms with van der Waals surface area (Å²) >= 11 is 0. The number of urea groups is 1. The zero-order chi connectivity index (χ0) is 12.8. The summed E-state index contributed by atoms with van der Waals surface area (Å²) in [6.45, 7) is 1.23. The number of carbonyl (C=O) groups excluding carboxylic acids is 1. The van der Waals surface area contributed by atoms with Gasteiger partial charge >= 0.3 is 6.03 Å². The zero-order valence-corrected chi connectivity index (χ0v) is 10.6.